The summed E-state index contributed by atoms with van der Waals surface area (Å²) in [4.78, 5) is 1.90. The molecule has 25 heavy (non-hydrogen) atoms. The summed E-state index contributed by atoms with van der Waals surface area (Å²) in [7, 11) is 0. The second kappa shape index (κ2) is 9.11. The van der Waals surface area contributed by atoms with Crippen molar-refractivity contribution in [1.29, 1.82) is 0 Å². The number of nitrogens with zero attached hydrogens (tertiary/aromatic N) is 1. The number of aliphatic hydroxyl groups excluding tert-OH is 4. The summed E-state index contributed by atoms with van der Waals surface area (Å²) in [5.74, 6) is 1.76. The largest absolute Gasteiger partial charge is 0.395 e. The van der Waals surface area contributed by atoms with Crippen molar-refractivity contribution in [2.24, 2.45) is 11.8 Å². The van der Waals surface area contributed by atoms with Crippen LogP contribution in [-0.2, 0) is 4.74 Å². The minimum atomic E-state index is -1.17. The molecule has 0 aromatic heterocycles. The predicted molar refractivity (Wildman–Crippen MR) is 94.1 cm³/mol. The maximum Gasteiger partial charge on any atom is 0.109 e. The predicted octanol–water partition coefficient (Wildman–Crippen LogP) is 0.511. The van der Waals surface area contributed by atoms with Gasteiger partial charge in [0.1, 0.15) is 12.2 Å². The molecule has 1 heterocycles. The van der Waals surface area contributed by atoms with E-state index in [9.17, 15) is 20.4 Å². The second-order valence-corrected chi connectivity index (χ2v) is 8.29. The van der Waals surface area contributed by atoms with E-state index >= 15 is 0 Å². The van der Waals surface area contributed by atoms with Gasteiger partial charge in [-0.15, -0.1) is 0 Å². The Morgan fingerprint density at radius 1 is 0.920 bits per heavy atom. The Bertz CT molecular complexity index is 409. The lowest BCUT2D eigenvalue weighted by Crippen LogP contribution is -2.62. The minimum absolute atomic E-state index is 0.206. The van der Waals surface area contributed by atoms with Crippen LogP contribution in [-0.4, -0.2) is 82.1 Å². The normalized spacial score (nSPS) is 41.5. The van der Waals surface area contributed by atoms with Crippen LogP contribution < -0.4 is 0 Å². The summed E-state index contributed by atoms with van der Waals surface area (Å²) in [6, 6.07) is -0.487. The van der Waals surface area contributed by atoms with Crippen molar-refractivity contribution < 1.29 is 25.2 Å². The zero-order chi connectivity index (χ0) is 17.8. The van der Waals surface area contributed by atoms with E-state index < -0.39 is 24.4 Å². The van der Waals surface area contributed by atoms with Gasteiger partial charge in [0, 0.05) is 13.2 Å². The van der Waals surface area contributed by atoms with Crippen molar-refractivity contribution in [2.75, 3.05) is 26.3 Å². The maximum absolute atomic E-state index is 9.97. The molecule has 0 aromatic rings. The Hall–Kier alpha value is -0.240. The summed E-state index contributed by atoms with van der Waals surface area (Å²) >= 11 is 0. The van der Waals surface area contributed by atoms with E-state index in [1.807, 2.05) is 4.90 Å². The van der Waals surface area contributed by atoms with Crippen molar-refractivity contribution in [3.05, 3.63) is 0 Å². The molecule has 6 nitrogen and oxygen atoms in total. The van der Waals surface area contributed by atoms with E-state index in [1.54, 1.807) is 0 Å². The lowest BCUT2D eigenvalue weighted by molar-refractivity contribution is -0.145. The van der Waals surface area contributed by atoms with Crippen molar-refractivity contribution in [3.8, 4) is 0 Å². The standard InChI is InChI=1S/C19H35NO5/c21-12-15-18(23)19(24)16(22)11-20(15)7-3-1-2-4-8-25-17-10-13-5-6-14(17)9-13/h13-19,21-24H,1-12H2/t13?,14?,15-,16+,17?,18-,19-/m1/s1. The SMILES string of the molecule is OC[C@@H]1[C@@H](O)[C@H](O)[C@@H](O)CN1CCCCCCOC1CC2CCC1C2. The number of ether oxygens (including phenoxy) is 1. The van der Waals surface area contributed by atoms with Crippen molar-refractivity contribution in [2.45, 2.75) is 81.8 Å². The molecule has 3 fully saturated rings. The Morgan fingerprint density at radius 2 is 1.72 bits per heavy atom. The molecule has 0 amide bonds. The monoisotopic (exact) mass is 357 g/mol. The summed E-state index contributed by atoms with van der Waals surface area (Å²) in [5.41, 5.74) is 0. The van der Waals surface area contributed by atoms with E-state index in [0.29, 0.717) is 12.6 Å². The molecule has 2 aliphatic carbocycles. The molecule has 4 N–H and O–H groups in total. The summed E-state index contributed by atoms with van der Waals surface area (Å²) in [6.45, 7) is 1.68. The molecule has 1 saturated heterocycles. The molecule has 6 heteroatoms. The molecular formula is C19H35NO5. The van der Waals surface area contributed by atoms with E-state index in [0.717, 1.165) is 50.7 Å². The molecule has 3 unspecified atom stereocenters. The van der Waals surface area contributed by atoms with Gasteiger partial charge in [0.05, 0.1) is 24.9 Å². The first-order valence-electron chi connectivity index (χ1n) is 10.1. The molecule has 0 spiro atoms. The fraction of sp³-hybridized carbons (Fsp3) is 1.00. The topological polar surface area (TPSA) is 93.4 Å². The van der Waals surface area contributed by atoms with Gasteiger partial charge < -0.3 is 25.2 Å². The molecule has 7 atom stereocenters. The average molecular weight is 357 g/mol. The van der Waals surface area contributed by atoms with E-state index in [4.69, 9.17) is 4.74 Å². The lowest BCUT2D eigenvalue weighted by Gasteiger charge is -2.43. The fourth-order valence-electron chi connectivity index (χ4n) is 5.03. The van der Waals surface area contributed by atoms with Crippen LogP contribution >= 0.6 is 0 Å². The van der Waals surface area contributed by atoms with Crippen LogP contribution in [0.4, 0.5) is 0 Å². The molecule has 3 rings (SSSR count). The number of hydrogen-bond donors (Lipinski definition) is 4. The summed E-state index contributed by atoms with van der Waals surface area (Å²) in [6.07, 6.45) is 6.98. The smallest absolute Gasteiger partial charge is 0.109 e. The first kappa shape index (κ1) is 19.5. The van der Waals surface area contributed by atoms with Gasteiger partial charge in [-0.2, -0.15) is 0 Å². The Balaban J connectivity index is 1.25. The Kier molecular flexibility index (Phi) is 7.11. The number of piperidine rings is 1. The quantitative estimate of drug-likeness (QED) is 0.449. The molecule has 2 bridgehead atoms. The first-order chi connectivity index (χ1) is 12.1. The highest BCUT2D eigenvalue weighted by molar-refractivity contribution is 4.94. The number of fused-ring (bicyclic) bond motifs is 2. The summed E-state index contributed by atoms with van der Waals surface area (Å²) in [5, 5.41) is 38.9. The van der Waals surface area contributed by atoms with Crippen LogP contribution in [0.25, 0.3) is 0 Å². The molecule has 1 aliphatic heterocycles. The molecule has 3 aliphatic rings. The lowest BCUT2D eigenvalue weighted by atomic mass is 9.94. The molecule has 2 saturated carbocycles. The van der Waals surface area contributed by atoms with Gasteiger partial charge in [-0.1, -0.05) is 12.8 Å². The number of rotatable bonds is 9. The summed E-state index contributed by atoms with van der Waals surface area (Å²) < 4.78 is 6.07. The number of likely N-dealkylation sites (tertiary alicyclic amines) is 1. The van der Waals surface area contributed by atoms with Crippen LogP contribution in [0.1, 0.15) is 51.4 Å². The van der Waals surface area contributed by atoms with Crippen LogP contribution in [0.15, 0.2) is 0 Å². The van der Waals surface area contributed by atoms with Crippen LogP contribution in [0.2, 0.25) is 0 Å². The highest BCUT2D eigenvalue weighted by Crippen LogP contribution is 2.45. The van der Waals surface area contributed by atoms with Gasteiger partial charge in [0.15, 0.2) is 0 Å². The maximum atomic E-state index is 9.97. The first-order valence-corrected chi connectivity index (χ1v) is 10.1. The third kappa shape index (κ3) is 4.73. The highest BCUT2D eigenvalue weighted by atomic mass is 16.5. The van der Waals surface area contributed by atoms with Gasteiger partial charge >= 0.3 is 0 Å². The van der Waals surface area contributed by atoms with E-state index in [-0.39, 0.29) is 6.61 Å². The second-order valence-electron chi connectivity index (χ2n) is 8.29. The number of hydrogen-bond acceptors (Lipinski definition) is 6. The third-order valence-electron chi connectivity index (χ3n) is 6.56. The van der Waals surface area contributed by atoms with Crippen molar-refractivity contribution in [3.63, 3.8) is 0 Å². The third-order valence-corrected chi connectivity index (χ3v) is 6.56. The van der Waals surface area contributed by atoms with E-state index in [1.165, 1.54) is 25.7 Å². The number of unbranched alkanes of at least 4 members (excludes halogenated alkanes) is 3. The zero-order valence-corrected chi connectivity index (χ0v) is 15.2. The van der Waals surface area contributed by atoms with Crippen LogP contribution in [0.3, 0.4) is 0 Å². The Morgan fingerprint density at radius 3 is 2.40 bits per heavy atom. The molecule has 0 aromatic carbocycles. The zero-order valence-electron chi connectivity index (χ0n) is 15.2. The fourth-order valence-corrected chi connectivity index (χ4v) is 5.03. The number of aliphatic hydroxyl groups is 4. The van der Waals surface area contributed by atoms with Crippen molar-refractivity contribution in [1.82, 2.24) is 4.90 Å². The van der Waals surface area contributed by atoms with Gasteiger partial charge in [-0.25, -0.2) is 0 Å². The van der Waals surface area contributed by atoms with Gasteiger partial charge in [-0.3, -0.25) is 4.90 Å². The highest BCUT2D eigenvalue weighted by Gasteiger charge is 2.41. The van der Waals surface area contributed by atoms with Gasteiger partial charge in [0.2, 0.25) is 0 Å². The average Bonchev–Trinajstić information content (AvgIpc) is 3.22. The minimum Gasteiger partial charge on any atom is -0.395 e. The van der Waals surface area contributed by atoms with Crippen LogP contribution in [0.5, 0.6) is 0 Å². The Labute approximate surface area is 150 Å². The van der Waals surface area contributed by atoms with Gasteiger partial charge in [-0.05, 0) is 56.9 Å². The molecule has 0 radical (unpaired) electrons. The van der Waals surface area contributed by atoms with Crippen molar-refractivity contribution >= 4 is 0 Å². The molecule has 146 valence electrons. The van der Waals surface area contributed by atoms with Crippen LogP contribution in [0, 0.1) is 11.8 Å². The van der Waals surface area contributed by atoms with E-state index in [2.05, 4.69) is 0 Å². The molecular weight excluding hydrogens is 322 g/mol. The van der Waals surface area contributed by atoms with Gasteiger partial charge in [0.25, 0.3) is 0 Å². The number of β-amino-alcohol motifs (C(OH)–C–C–N with tert-alkyl or cyclic N) is 1.